The van der Waals surface area contributed by atoms with E-state index in [2.05, 4.69) is 16.0 Å². The van der Waals surface area contributed by atoms with Gasteiger partial charge < -0.3 is 25.8 Å². The van der Waals surface area contributed by atoms with Gasteiger partial charge in [0.25, 0.3) is 0 Å². The first-order chi connectivity index (χ1) is 22.7. The van der Waals surface area contributed by atoms with Crippen LogP contribution in [0.5, 0.6) is 5.75 Å². The topological polar surface area (TPSA) is 117 Å². The second-order valence-electron chi connectivity index (χ2n) is 13.8. The van der Waals surface area contributed by atoms with Crippen molar-refractivity contribution in [3.05, 3.63) is 93.0 Å². The number of benzene rings is 3. The molecule has 0 unspecified atom stereocenters. The third kappa shape index (κ3) is 7.31. The molecule has 0 bridgehead atoms. The van der Waals surface area contributed by atoms with E-state index in [1.807, 2.05) is 20.8 Å². The summed E-state index contributed by atoms with van der Waals surface area (Å²) in [6, 6.07) is 11.1. The fraction of sp³-hybridized carbons (Fsp3) is 0.417. The molecule has 1 aliphatic heterocycles. The highest BCUT2D eigenvalue weighted by molar-refractivity contribution is 6.31. The lowest BCUT2D eigenvalue weighted by Gasteiger charge is -2.43. The highest BCUT2D eigenvalue weighted by Crippen LogP contribution is 2.55. The molecule has 8 nitrogen and oxygen atoms in total. The van der Waals surface area contributed by atoms with Crippen LogP contribution < -0.4 is 20.7 Å². The Labute approximate surface area is 288 Å². The quantitative estimate of drug-likeness (QED) is 0.166. The Hall–Kier alpha value is -3.73. The summed E-state index contributed by atoms with van der Waals surface area (Å²) in [5.74, 6) is -4.23. The zero-order valence-corrected chi connectivity index (χ0v) is 28.6. The number of aromatic carboxylic acids is 1. The summed E-state index contributed by atoms with van der Waals surface area (Å²) in [6.45, 7) is 6.19. The fourth-order valence-corrected chi connectivity index (χ4v) is 7.32. The Morgan fingerprint density at radius 1 is 1.04 bits per heavy atom. The zero-order chi connectivity index (χ0) is 35.0. The first-order valence-corrected chi connectivity index (χ1v) is 16.6. The fourth-order valence-electron chi connectivity index (χ4n) is 6.98. The van der Waals surface area contributed by atoms with Gasteiger partial charge in [0.1, 0.15) is 17.4 Å². The minimum atomic E-state index is -1.30. The summed E-state index contributed by atoms with van der Waals surface area (Å²) in [5, 5.41) is 18.8. The number of halogens is 4. The van der Waals surface area contributed by atoms with E-state index < -0.39 is 46.9 Å². The van der Waals surface area contributed by atoms with Crippen molar-refractivity contribution in [2.75, 3.05) is 19.0 Å². The first-order valence-electron chi connectivity index (χ1n) is 15.8. The lowest BCUT2D eigenvalue weighted by molar-refractivity contribution is -0.122. The molecule has 0 radical (unpaired) electrons. The Kier molecular flexibility index (Phi) is 10.4. The van der Waals surface area contributed by atoms with Gasteiger partial charge in [-0.3, -0.25) is 9.59 Å². The van der Waals surface area contributed by atoms with Crippen molar-refractivity contribution in [2.45, 2.75) is 69.9 Å². The number of carboxylic acids is 1. The molecule has 0 aromatic heterocycles. The maximum absolute atomic E-state index is 16.3. The van der Waals surface area contributed by atoms with Gasteiger partial charge in [0, 0.05) is 34.9 Å². The molecule has 3 aromatic carbocycles. The second kappa shape index (κ2) is 14.0. The van der Waals surface area contributed by atoms with E-state index in [4.69, 9.17) is 27.9 Å². The van der Waals surface area contributed by atoms with Crippen LogP contribution in [0.4, 0.5) is 14.5 Å². The number of methoxy groups -OCH3 is 1. The van der Waals surface area contributed by atoms with Crippen molar-refractivity contribution >= 4 is 46.7 Å². The van der Waals surface area contributed by atoms with Gasteiger partial charge in [-0.2, -0.15) is 0 Å². The number of carbonyl (C=O) groups excluding carboxylic acids is 2. The van der Waals surface area contributed by atoms with Crippen molar-refractivity contribution in [3.63, 3.8) is 0 Å². The van der Waals surface area contributed by atoms with Crippen LogP contribution in [-0.2, 0) is 15.0 Å². The number of amides is 2. The maximum Gasteiger partial charge on any atom is 0.335 e. The maximum atomic E-state index is 16.3. The minimum absolute atomic E-state index is 0.0431. The third-order valence-corrected chi connectivity index (χ3v) is 9.76. The number of carbonyl (C=O) groups is 3. The highest BCUT2D eigenvalue weighted by atomic mass is 35.5. The van der Waals surface area contributed by atoms with Crippen LogP contribution >= 0.6 is 23.2 Å². The predicted molar refractivity (Wildman–Crippen MR) is 181 cm³/mol. The molecule has 5 rings (SSSR count). The van der Waals surface area contributed by atoms with E-state index >= 15 is 8.78 Å². The van der Waals surface area contributed by atoms with Crippen LogP contribution in [0.1, 0.15) is 73.9 Å². The summed E-state index contributed by atoms with van der Waals surface area (Å²) in [6.07, 6.45) is 2.18. The Morgan fingerprint density at radius 2 is 1.77 bits per heavy atom. The number of carboxylic acid groups (broad SMARTS) is 1. The molecule has 2 amide bonds. The number of hydrogen-bond donors (Lipinski definition) is 4. The average molecular weight is 703 g/mol. The monoisotopic (exact) mass is 701 g/mol. The molecule has 4 N–H and O–H groups in total. The van der Waals surface area contributed by atoms with Gasteiger partial charge in [-0.25, -0.2) is 13.6 Å². The smallest absolute Gasteiger partial charge is 0.335 e. The summed E-state index contributed by atoms with van der Waals surface area (Å²) in [5.41, 5.74) is -1.18. The number of nitrogens with one attached hydrogen (secondary N) is 3. The number of hydrogen-bond acceptors (Lipinski definition) is 5. The van der Waals surface area contributed by atoms with Crippen LogP contribution in [-0.4, -0.2) is 48.6 Å². The van der Waals surface area contributed by atoms with Crippen LogP contribution in [0, 0.1) is 23.0 Å². The third-order valence-electron chi connectivity index (χ3n) is 9.23. The average Bonchev–Trinajstić information content (AvgIpc) is 3.82. The van der Waals surface area contributed by atoms with E-state index in [1.54, 1.807) is 24.3 Å². The van der Waals surface area contributed by atoms with Crippen LogP contribution in [0.25, 0.3) is 0 Å². The van der Waals surface area contributed by atoms with Crippen LogP contribution in [0.2, 0.25) is 10.0 Å². The Balaban J connectivity index is 1.70. The molecule has 2 aliphatic rings. The van der Waals surface area contributed by atoms with Gasteiger partial charge in [0.2, 0.25) is 11.8 Å². The molecular weight excluding hydrogens is 663 g/mol. The van der Waals surface area contributed by atoms with Gasteiger partial charge >= 0.3 is 5.97 Å². The Morgan fingerprint density at radius 3 is 2.40 bits per heavy atom. The lowest BCUT2D eigenvalue weighted by atomic mass is 9.60. The number of ether oxygens (including phenoxy) is 1. The minimum Gasteiger partial charge on any atom is -0.495 e. The molecule has 12 heteroatoms. The van der Waals surface area contributed by atoms with Gasteiger partial charge in [-0.1, -0.05) is 62.2 Å². The van der Waals surface area contributed by atoms with Crippen LogP contribution in [0.15, 0.2) is 54.6 Å². The molecule has 1 aliphatic carbocycles. The second-order valence-corrected chi connectivity index (χ2v) is 14.6. The lowest BCUT2D eigenvalue weighted by Crippen LogP contribution is -2.47. The standard InChI is InChI=1S/C36H39Cl2F2N3O5/c1-35(2,3)18-28-36(14-15-41-32(44)19-8-9-19,23-12-11-21(37)17-25(23)39)29(22-6-5-7-24(38)30(22)40)31(43-28)33(45)42-26-13-10-20(34(46)47)16-27(26)48-4/h5-7,10-13,16-17,19,28-29,31,43H,8-9,14-15,18H2,1-4H3,(H,41,44)(H,42,45)(H,46,47)/t28-,29-,31+,36-/m0/s1. The number of rotatable bonds is 11. The van der Waals surface area contributed by atoms with Crippen molar-refractivity contribution in [1.29, 1.82) is 0 Å². The Bertz CT molecular complexity index is 1730. The van der Waals surface area contributed by atoms with E-state index in [0.29, 0.717) is 6.42 Å². The van der Waals surface area contributed by atoms with Crippen LogP contribution in [0.3, 0.4) is 0 Å². The van der Waals surface area contributed by atoms with Gasteiger partial charge in [0.15, 0.2) is 0 Å². The van der Waals surface area contributed by atoms with E-state index in [1.165, 1.54) is 37.4 Å². The normalized spacial score (nSPS) is 22.3. The van der Waals surface area contributed by atoms with E-state index in [9.17, 15) is 19.5 Å². The summed E-state index contributed by atoms with van der Waals surface area (Å²) < 4.78 is 38.0. The predicted octanol–water partition coefficient (Wildman–Crippen LogP) is 7.33. The SMILES string of the molecule is COc1cc(C(=O)O)ccc1NC(=O)[C@@H]1N[C@@H](CC(C)(C)C)[C@](CCNC(=O)C2CC2)(c2ccc(Cl)cc2F)[C@H]1c1cccc(Cl)c1F. The molecule has 1 heterocycles. The van der Waals surface area contributed by atoms with Crippen molar-refractivity contribution in [3.8, 4) is 5.75 Å². The number of anilines is 1. The van der Waals surface area contributed by atoms with E-state index in [-0.39, 0.29) is 68.4 Å². The van der Waals surface area contributed by atoms with E-state index in [0.717, 1.165) is 12.8 Å². The molecule has 4 atom stereocenters. The zero-order valence-electron chi connectivity index (χ0n) is 27.1. The molecule has 2 fully saturated rings. The van der Waals surface area contributed by atoms with Crippen molar-refractivity contribution in [2.24, 2.45) is 11.3 Å². The van der Waals surface area contributed by atoms with Gasteiger partial charge in [-0.05, 0) is 78.6 Å². The summed E-state index contributed by atoms with van der Waals surface area (Å²) in [7, 11) is 1.35. The molecule has 1 saturated heterocycles. The molecular formula is C36H39Cl2F2N3O5. The summed E-state index contributed by atoms with van der Waals surface area (Å²) in [4.78, 5) is 38.8. The molecule has 48 heavy (non-hydrogen) atoms. The molecule has 1 saturated carbocycles. The highest BCUT2D eigenvalue weighted by Gasteiger charge is 2.60. The molecule has 0 spiro atoms. The van der Waals surface area contributed by atoms with Crippen molar-refractivity contribution in [1.82, 2.24) is 10.6 Å². The van der Waals surface area contributed by atoms with Crippen molar-refractivity contribution < 1.29 is 33.0 Å². The summed E-state index contributed by atoms with van der Waals surface area (Å²) >= 11 is 12.6. The molecule has 3 aromatic rings. The largest absolute Gasteiger partial charge is 0.495 e. The first kappa shape index (κ1) is 35.6. The molecule has 256 valence electrons. The van der Waals surface area contributed by atoms with Gasteiger partial charge in [-0.15, -0.1) is 0 Å². The van der Waals surface area contributed by atoms with Gasteiger partial charge in [0.05, 0.1) is 29.4 Å².